The zero-order valence-corrected chi connectivity index (χ0v) is 18.3. The van der Waals surface area contributed by atoms with Gasteiger partial charge in [0, 0.05) is 31.9 Å². The molecule has 1 aliphatic rings. The summed E-state index contributed by atoms with van der Waals surface area (Å²) in [4.78, 5) is 16.8. The van der Waals surface area contributed by atoms with Crippen molar-refractivity contribution >= 4 is 21.4 Å². The Labute approximate surface area is 183 Å². The number of piperazine rings is 1. The Kier molecular flexibility index (Phi) is 6.13. The number of hydrogen-bond acceptors (Lipinski definition) is 5. The smallest absolute Gasteiger partial charge is 0.289 e. The highest BCUT2D eigenvalue weighted by atomic mass is 32.2. The molecule has 7 heteroatoms. The Hall–Kier alpha value is -3.06. The first-order chi connectivity index (χ1) is 14.9. The maximum atomic E-state index is 12.8. The van der Waals surface area contributed by atoms with Crippen LogP contribution < -0.4 is 4.90 Å². The average molecular weight is 439 g/mol. The average Bonchev–Trinajstić information content (AvgIpc) is 3.23. The van der Waals surface area contributed by atoms with Crippen LogP contribution in [0.4, 0.5) is 5.69 Å². The molecule has 0 radical (unpaired) electrons. The van der Waals surface area contributed by atoms with E-state index in [4.69, 9.17) is 4.42 Å². The summed E-state index contributed by atoms with van der Waals surface area (Å²) in [6.45, 7) is 4.57. The molecule has 0 aliphatic carbocycles. The van der Waals surface area contributed by atoms with Crippen molar-refractivity contribution in [3.63, 3.8) is 0 Å². The van der Waals surface area contributed by atoms with Crippen LogP contribution in [0.2, 0.25) is 0 Å². The van der Waals surface area contributed by atoms with E-state index >= 15 is 0 Å². The van der Waals surface area contributed by atoms with E-state index in [1.807, 2.05) is 49.4 Å². The summed E-state index contributed by atoms with van der Waals surface area (Å²) in [5.74, 6) is 0.00553. The van der Waals surface area contributed by atoms with Gasteiger partial charge in [-0.05, 0) is 42.3 Å². The molecular weight excluding hydrogens is 412 g/mol. The maximum absolute atomic E-state index is 12.8. The Balaban J connectivity index is 1.36. The second-order valence-corrected chi connectivity index (χ2v) is 9.90. The number of aryl methyl sites for hydroxylation is 1. The van der Waals surface area contributed by atoms with E-state index in [9.17, 15) is 13.2 Å². The fourth-order valence-electron chi connectivity index (χ4n) is 3.81. The van der Waals surface area contributed by atoms with Gasteiger partial charge in [0.1, 0.15) is 11.5 Å². The van der Waals surface area contributed by atoms with Gasteiger partial charge in [0.2, 0.25) is 0 Å². The largest absolute Gasteiger partial charge is 0.455 e. The van der Waals surface area contributed by atoms with Gasteiger partial charge in [-0.1, -0.05) is 42.5 Å². The van der Waals surface area contributed by atoms with E-state index in [-0.39, 0.29) is 23.2 Å². The predicted octanol–water partition coefficient (Wildman–Crippen LogP) is 3.67. The molecule has 31 heavy (non-hydrogen) atoms. The number of amides is 1. The van der Waals surface area contributed by atoms with Crippen molar-refractivity contribution in [3.05, 3.63) is 89.4 Å². The lowest BCUT2D eigenvalue weighted by Crippen LogP contribution is -2.48. The molecule has 0 saturated carbocycles. The first-order valence-corrected chi connectivity index (χ1v) is 12.2. The fraction of sp³-hybridized carbons (Fsp3) is 0.292. The van der Waals surface area contributed by atoms with Gasteiger partial charge in [-0.2, -0.15) is 0 Å². The summed E-state index contributed by atoms with van der Waals surface area (Å²) >= 11 is 0. The van der Waals surface area contributed by atoms with Crippen LogP contribution in [0.3, 0.4) is 0 Å². The zero-order chi connectivity index (χ0) is 21.8. The molecule has 0 unspecified atom stereocenters. The van der Waals surface area contributed by atoms with Crippen molar-refractivity contribution in [3.8, 4) is 0 Å². The third kappa shape index (κ3) is 5.17. The second kappa shape index (κ2) is 8.98. The monoisotopic (exact) mass is 438 g/mol. The Morgan fingerprint density at radius 2 is 1.55 bits per heavy atom. The molecule has 1 fully saturated rings. The third-order valence-corrected chi connectivity index (χ3v) is 7.03. The van der Waals surface area contributed by atoms with Crippen LogP contribution in [-0.4, -0.2) is 45.4 Å². The van der Waals surface area contributed by atoms with Crippen LogP contribution in [0, 0.1) is 6.92 Å². The highest BCUT2D eigenvalue weighted by Gasteiger charge is 2.25. The number of para-hydroxylation sites is 1. The molecule has 0 spiro atoms. The van der Waals surface area contributed by atoms with Gasteiger partial charge in [-0.3, -0.25) is 4.79 Å². The van der Waals surface area contributed by atoms with Crippen LogP contribution in [0.1, 0.15) is 27.4 Å². The van der Waals surface area contributed by atoms with Crippen molar-refractivity contribution < 1.29 is 17.6 Å². The minimum Gasteiger partial charge on any atom is -0.455 e. The molecule has 2 heterocycles. The fourth-order valence-corrected chi connectivity index (χ4v) is 5.30. The van der Waals surface area contributed by atoms with Gasteiger partial charge >= 0.3 is 0 Å². The number of benzene rings is 2. The van der Waals surface area contributed by atoms with Gasteiger partial charge in [0.05, 0.1) is 5.75 Å². The summed E-state index contributed by atoms with van der Waals surface area (Å²) in [6, 6.07) is 20.7. The standard InChI is InChI=1S/C24H26N2O4S/c1-19-7-5-6-8-20(19)17-31(28,29)18-22-11-12-23(30-22)24(27)26-15-13-25(14-16-26)21-9-3-2-4-10-21/h2-12H,13-18H2,1H3. The summed E-state index contributed by atoms with van der Waals surface area (Å²) in [5.41, 5.74) is 2.87. The zero-order valence-electron chi connectivity index (χ0n) is 17.5. The number of nitrogens with zero attached hydrogens (tertiary/aromatic N) is 2. The lowest BCUT2D eigenvalue weighted by molar-refractivity contribution is 0.0713. The summed E-state index contributed by atoms with van der Waals surface area (Å²) in [6.07, 6.45) is 0. The van der Waals surface area contributed by atoms with Crippen LogP contribution in [-0.2, 0) is 21.3 Å². The maximum Gasteiger partial charge on any atom is 0.289 e. The lowest BCUT2D eigenvalue weighted by atomic mass is 10.1. The van der Waals surface area contributed by atoms with Gasteiger partial charge in [-0.15, -0.1) is 0 Å². The second-order valence-electron chi connectivity index (χ2n) is 7.84. The predicted molar refractivity (Wildman–Crippen MR) is 121 cm³/mol. The molecule has 1 amide bonds. The molecule has 6 nitrogen and oxygen atoms in total. The van der Waals surface area contributed by atoms with Crippen LogP contribution in [0.5, 0.6) is 0 Å². The van der Waals surface area contributed by atoms with Gasteiger partial charge in [0.15, 0.2) is 15.6 Å². The SMILES string of the molecule is Cc1ccccc1CS(=O)(=O)Cc1ccc(C(=O)N2CCN(c3ccccc3)CC2)o1. The Morgan fingerprint density at radius 1 is 0.871 bits per heavy atom. The molecule has 2 aromatic carbocycles. The van der Waals surface area contributed by atoms with Crippen molar-refractivity contribution in [1.82, 2.24) is 4.90 Å². The summed E-state index contributed by atoms with van der Waals surface area (Å²) in [7, 11) is -3.41. The highest BCUT2D eigenvalue weighted by Crippen LogP contribution is 2.20. The molecule has 0 atom stereocenters. The molecule has 0 bridgehead atoms. The lowest BCUT2D eigenvalue weighted by Gasteiger charge is -2.35. The molecule has 162 valence electrons. The third-order valence-electron chi connectivity index (χ3n) is 5.56. The van der Waals surface area contributed by atoms with E-state index in [0.717, 1.165) is 29.9 Å². The minimum atomic E-state index is -3.41. The molecule has 1 aromatic heterocycles. The van der Waals surface area contributed by atoms with E-state index < -0.39 is 9.84 Å². The van der Waals surface area contributed by atoms with Crippen LogP contribution >= 0.6 is 0 Å². The Bertz CT molecular complexity index is 1150. The topological polar surface area (TPSA) is 70.8 Å². The van der Waals surface area contributed by atoms with Crippen molar-refractivity contribution in [2.24, 2.45) is 0 Å². The number of furan rings is 1. The number of sulfone groups is 1. The van der Waals surface area contributed by atoms with E-state index in [1.54, 1.807) is 17.0 Å². The van der Waals surface area contributed by atoms with E-state index in [1.165, 1.54) is 0 Å². The van der Waals surface area contributed by atoms with Gasteiger partial charge < -0.3 is 14.2 Å². The van der Waals surface area contributed by atoms with E-state index in [0.29, 0.717) is 18.8 Å². The number of anilines is 1. The summed E-state index contributed by atoms with van der Waals surface area (Å²) < 4.78 is 30.9. The molecule has 3 aromatic rings. The minimum absolute atomic E-state index is 0.0505. The van der Waals surface area contributed by atoms with Crippen molar-refractivity contribution in [2.45, 2.75) is 18.4 Å². The molecule has 1 aliphatic heterocycles. The number of hydrogen-bond donors (Lipinski definition) is 0. The van der Waals surface area contributed by atoms with Crippen molar-refractivity contribution in [2.75, 3.05) is 31.1 Å². The molecule has 4 rings (SSSR count). The number of carbonyl (C=O) groups excluding carboxylic acids is 1. The van der Waals surface area contributed by atoms with Gasteiger partial charge in [-0.25, -0.2) is 8.42 Å². The van der Waals surface area contributed by atoms with Crippen LogP contribution in [0.15, 0.2) is 71.1 Å². The number of rotatable bonds is 6. The first-order valence-electron chi connectivity index (χ1n) is 10.3. The normalized spacial score (nSPS) is 14.6. The number of carbonyl (C=O) groups is 1. The molecule has 0 N–H and O–H groups in total. The van der Waals surface area contributed by atoms with Gasteiger partial charge in [0.25, 0.3) is 5.91 Å². The Morgan fingerprint density at radius 3 is 2.26 bits per heavy atom. The van der Waals surface area contributed by atoms with Crippen molar-refractivity contribution in [1.29, 1.82) is 0 Å². The first kappa shape index (κ1) is 21.2. The quantitative estimate of drug-likeness (QED) is 0.587. The van der Waals surface area contributed by atoms with Crippen LogP contribution in [0.25, 0.3) is 0 Å². The van der Waals surface area contributed by atoms with E-state index in [2.05, 4.69) is 17.0 Å². The molecule has 1 saturated heterocycles. The summed E-state index contributed by atoms with van der Waals surface area (Å²) in [5, 5.41) is 0. The molecular formula is C24H26N2O4S. The highest BCUT2D eigenvalue weighted by molar-refractivity contribution is 7.89.